The molecular formula is C37H43N5O5S2. The summed E-state index contributed by atoms with van der Waals surface area (Å²) in [7, 11) is 9.64. The minimum absolute atomic E-state index is 0.00167. The summed E-state index contributed by atoms with van der Waals surface area (Å²) in [5.41, 5.74) is 4.06. The maximum absolute atomic E-state index is 13.9. The van der Waals surface area contributed by atoms with E-state index in [-0.39, 0.29) is 12.3 Å². The fraction of sp³-hybridized carbons (Fsp3) is 0.459. The highest BCUT2D eigenvalue weighted by atomic mass is 32.2. The summed E-state index contributed by atoms with van der Waals surface area (Å²) in [6.45, 7) is 4.19. The van der Waals surface area contributed by atoms with Crippen LogP contribution in [-0.4, -0.2) is 101 Å². The quantitative estimate of drug-likeness (QED) is 0.141. The molecule has 0 saturated carbocycles. The van der Waals surface area contributed by atoms with Crippen molar-refractivity contribution in [3.05, 3.63) is 58.7 Å². The first-order valence-electron chi connectivity index (χ1n) is 16.8. The number of ether oxygens (including phenoxy) is 2. The van der Waals surface area contributed by atoms with Crippen LogP contribution in [0, 0.1) is 0 Å². The number of aliphatic hydroxyl groups is 1. The van der Waals surface area contributed by atoms with E-state index in [2.05, 4.69) is 84.3 Å². The van der Waals surface area contributed by atoms with E-state index in [1.807, 2.05) is 28.1 Å². The first-order chi connectivity index (χ1) is 23.5. The number of fused-ring (bicyclic) bond motifs is 13. The van der Waals surface area contributed by atoms with Gasteiger partial charge in [0.15, 0.2) is 5.72 Å². The number of nitrogens with one attached hydrogen (secondary N) is 1. The summed E-state index contributed by atoms with van der Waals surface area (Å²) in [4.78, 5) is 31.8. The van der Waals surface area contributed by atoms with Crippen molar-refractivity contribution in [1.29, 1.82) is 0 Å². The molecule has 0 unspecified atom stereocenters. The van der Waals surface area contributed by atoms with Gasteiger partial charge in [0.05, 0.1) is 34.7 Å². The molecular weight excluding hydrogens is 659 g/mol. The molecule has 10 nitrogen and oxygen atoms in total. The third kappa shape index (κ3) is 4.78. The molecule has 0 radical (unpaired) electrons. The van der Waals surface area contributed by atoms with Crippen molar-refractivity contribution in [1.82, 2.24) is 24.3 Å². The van der Waals surface area contributed by atoms with Crippen LogP contribution in [0.15, 0.2) is 36.4 Å². The van der Waals surface area contributed by atoms with Crippen molar-refractivity contribution >= 4 is 79.0 Å². The van der Waals surface area contributed by atoms with Crippen molar-refractivity contribution in [2.45, 2.75) is 48.9 Å². The Hall–Kier alpha value is -3.26. The summed E-state index contributed by atoms with van der Waals surface area (Å²) in [5, 5.41) is 19.4. The highest BCUT2D eigenvalue weighted by Crippen LogP contribution is 2.58. The maximum Gasteiger partial charge on any atom is 0.343 e. The van der Waals surface area contributed by atoms with Gasteiger partial charge in [-0.2, -0.15) is 23.5 Å². The summed E-state index contributed by atoms with van der Waals surface area (Å²) < 4.78 is 16.3. The number of hydrogen-bond donors (Lipinski definition) is 2. The Morgan fingerprint density at radius 1 is 0.980 bits per heavy atom. The van der Waals surface area contributed by atoms with Gasteiger partial charge in [0.1, 0.15) is 6.23 Å². The number of thioether (sulfide) groups is 2. The molecule has 5 heterocycles. The zero-order valence-corrected chi connectivity index (χ0v) is 30.5. The highest BCUT2D eigenvalue weighted by molar-refractivity contribution is 7.98. The van der Waals surface area contributed by atoms with Crippen LogP contribution in [0.2, 0.25) is 0 Å². The van der Waals surface area contributed by atoms with Gasteiger partial charge in [-0.15, -0.1) is 0 Å². The van der Waals surface area contributed by atoms with E-state index in [9.17, 15) is 14.7 Å². The number of methoxy groups -OCH3 is 1. The lowest BCUT2D eigenvalue weighted by Gasteiger charge is -2.37. The maximum atomic E-state index is 13.9. The Labute approximate surface area is 294 Å². The highest BCUT2D eigenvalue weighted by Gasteiger charge is 2.65. The number of aromatic nitrogens is 2. The van der Waals surface area contributed by atoms with E-state index in [1.54, 1.807) is 6.92 Å². The van der Waals surface area contributed by atoms with Crippen LogP contribution in [0.5, 0.6) is 0 Å². The molecule has 1 amide bonds. The molecule has 8 rings (SSSR count). The number of carbonyl (C=O) groups is 2. The Morgan fingerprint density at radius 3 is 2.20 bits per heavy atom. The normalized spacial score (nSPS) is 22.8. The Bertz CT molecular complexity index is 2190. The van der Waals surface area contributed by atoms with Crippen LogP contribution in [0.3, 0.4) is 0 Å². The van der Waals surface area contributed by atoms with Crippen LogP contribution in [0.1, 0.15) is 46.6 Å². The summed E-state index contributed by atoms with van der Waals surface area (Å²) in [6, 6.07) is 12.9. The Balaban J connectivity index is 1.43. The van der Waals surface area contributed by atoms with Crippen LogP contribution in [0.4, 0.5) is 0 Å². The molecule has 49 heavy (non-hydrogen) atoms. The van der Waals surface area contributed by atoms with E-state index in [1.165, 1.54) is 18.2 Å². The number of esters is 1. The molecule has 3 atom stereocenters. The van der Waals surface area contributed by atoms with Crippen molar-refractivity contribution in [2.75, 3.05) is 59.9 Å². The third-order valence-corrected chi connectivity index (χ3v) is 12.6. The second-order valence-electron chi connectivity index (χ2n) is 14.2. The number of carbonyl (C=O) groups excluding carboxylic acids is 2. The number of amides is 1. The zero-order valence-electron chi connectivity index (χ0n) is 28.9. The molecule has 3 aliphatic heterocycles. The number of hydrogen-bond acceptors (Lipinski definition) is 9. The van der Waals surface area contributed by atoms with Crippen molar-refractivity contribution in [2.24, 2.45) is 0 Å². The Kier molecular flexibility index (Phi) is 8.01. The molecule has 1 fully saturated rings. The lowest BCUT2D eigenvalue weighted by atomic mass is 9.88. The van der Waals surface area contributed by atoms with Gasteiger partial charge in [0.25, 0.3) is 5.91 Å². The van der Waals surface area contributed by atoms with E-state index in [0.29, 0.717) is 12.1 Å². The topological polar surface area (TPSA) is 101 Å². The van der Waals surface area contributed by atoms with E-state index in [4.69, 9.17) is 9.47 Å². The van der Waals surface area contributed by atoms with E-state index in [0.717, 1.165) is 85.3 Å². The zero-order chi connectivity index (χ0) is 34.4. The fourth-order valence-corrected chi connectivity index (χ4v) is 10.2. The van der Waals surface area contributed by atoms with Crippen LogP contribution < -0.4 is 5.32 Å². The lowest BCUT2D eigenvalue weighted by molar-refractivity contribution is -0.202. The average Bonchev–Trinajstić information content (AvgIpc) is 3.77. The van der Waals surface area contributed by atoms with Crippen molar-refractivity contribution in [3.8, 4) is 0 Å². The SMILES string of the molecule is COC(=O)[C@]1(O)C[C@@H]2O[C@@]1(C)n1c3ccc(CSCCN(C)C)cc3c3c4c(c5c6cc(CSCCN(C)C)ccc6n2c5c31)C(=O)NC4. The Morgan fingerprint density at radius 2 is 1.59 bits per heavy atom. The van der Waals surface area contributed by atoms with Gasteiger partial charge >= 0.3 is 5.97 Å². The molecule has 2 aromatic heterocycles. The van der Waals surface area contributed by atoms with Crippen LogP contribution >= 0.6 is 23.5 Å². The summed E-state index contributed by atoms with van der Waals surface area (Å²) in [6.07, 6.45) is -0.677. The smallest absolute Gasteiger partial charge is 0.343 e. The van der Waals surface area contributed by atoms with Crippen molar-refractivity contribution < 1.29 is 24.2 Å². The molecule has 3 aromatic carbocycles. The predicted octanol–water partition coefficient (Wildman–Crippen LogP) is 5.24. The van der Waals surface area contributed by atoms with Crippen molar-refractivity contribution in [3.63, 3.8) is 0 Å². The van der Waals surface area contributed by atoms with Gasteiger partial charge in [-0.05, 0) is 76.1 Å². The second-order valence-corrected chi connectivity index (χ2v) is 16.4. The molecule has 12 heteroatoms. The molecule has 258 valence electrons. The summed E-state index contributed by atoms with van der Waals surface area (Å²) >= 11 is 3.77. The molecule has 0 aliphatic carbocycles. The molecule has 2 N–H and O–H groups in total. The molecule has 0 spiro atoms. The second kappa shape index (κ2) is 11.9. The minimum atomic E-state index is -1.97. The first-order valence-corrected chi connectivity index (χ1v) is 19.1. The van der Waals surface area contributed by atoms with E-state index < -0.39 is 23.5 Å². The van der Waals surface area contributed by atoms with E-state index >= 15 is 0 Å². The molecule has 5 aromatic rings. The number of benzene rings is 3. The van der Waals surface area contributed by atoms with Crippen LogP contribution in [0.25, 0.3) is 43.6 Å². The van der Waals surface area contributed by atoms with Gasteiger partial charge in [0.2, 0.25) is 5.60 Å². The molecule has 1 saturated heterocycles. The van der Waals surface area contributed by atoms with Gasteiger partial charge < -0.3 is 38.8 Å². The lowest BCUT2D eigenvalue weighted by Crippen LogP contribution is -2.56. The standard InChI is InChI=1S/C37H43N5O5S2/c1-36-37(45,35(44)46-6)17-28(47-36)41-26-9-7-21(19-48-13-11-39(2)3)15-23(26)30-31-25(18-38-34(31)43)29-24-16-22(20-49-14-12-40(4)5)8-10-27(24)42(36)33(29)32(30)41/h7-10,15-16,28,45H,11-14,17-20H2,1-6H3,(H,38,43)/t28-,36+,37+/m0/s1. The molecule has 2 bridgehead atoms. The van der Waals surface area contributed by atoms with Gasteiger partial charge in [0, 0.05) is 70.6 Å². The predicted molar refractivity (Wildman–Crippen MR) is 198 cm³/mol. The third-order valence-electron chi connectivity index (χ3n) is 10.6. The molecule has 3 aliphatic rings. The number of rotatable bonds is 11. The summed E-state index contributed by atoms with van der Waals surface area (Å²) in [5.74, 6) is 2.91. The largest absolute Gasteiger partial charge is 0.467 e. The first kappa shape index (κ1) is 32.9. The van der Waals surface area contributed by atoms with Crippen LogP contribution in [-0.2, 0) is 38.0 Å². The fourth-order valence-electron chi connectivity index (χ4n) is 8.14. The average molecular weight is 702 g/mol. The van der Waals surface area contributed by atoms with Gasteiger partial charge in [-0.25, -0.2) is 4.79 Å². The van der Waals surface area contributed by atoms with Gasteiger partial charge in [-0.1, -0.05) is 12.1 Å². The monoisotopic (exact) mass is 701 g/mol. The van der Waals surface area contributed by atoms with Gasteiger partial charge in [-0.3, -0.25) is 4.79 Å². The minimum Gasteiger partial charge on any atom is -0.467 e. The number of nitrogens with zero attached hydrogens (tertiary/aromatic N) is 4.